The fourth-order valence-electron chi connectivity index (χ4n) is 1.79. The van der Waals surface area contributed by atoms with E-state index in [2.05, 4.69) is 26.3 Å². The van der Waals surface area contributed by atoms with E-state index in [1.165, 1.54) is 4.70 Å². The van der Waals surface area contributed by atoms with Gasteiger partial charge < -0.3 is 0 Å². The van der Waals surface area contributed by atoms with Gasteiger partial charge in [-0.25, -0.2) is 4.98 Å². The van der Waals surface area contributed by atoms with Gasteiger partial charge in [-0.1, -0.05) is 0 Å². The van der Waals surface area contributed by atoms with E-state index in [4.69, 9.17) is 0 Å². The maximum atomic E-state index is 4.27. The Balaban J connectivity index is 1.77. The molecule has 0 bridgehead atoms. The minimum atomic E-state index is 0.754. The third-order valence-corrected chi connectivity index (χ3v) is 4.38. The van der Waals surface area contributed by atoms with E-state index in [0.717, 1.165) is 21.2 Å². The van der Waals surface area contributed by atoms with Crippen LogP contribution in [0.5, 0.6) is 0 Å². The Morgan fingerprint density at radius 1 is 1.16 bits per heavy atom. The topological polar surface area (TPSA) is 56.0 Å². The minimum absolute atomic E-state index is 0.754. The summed E-state index contributed by atoms with van der Waals surface area (Å²) in [5.41, 5.74) is 3.63. The van der Waals surface area contributed by atoms with Gasteiger partial charge in [-0.3, -0.25) is 0 Å². The standard InChI is InChI=1S/C12H7N5S2/c1-2-11-15-16-12(17(11)14-5-1)19-8-3-4-9-10(6-8)18-7-13-9/h1-7H. The third-order valence-electron chi connectivity index (χ3n) is 2.66. The lowest BCUT2D eigenvalue weighted by Gasteiger charge is -1.99. The zero-order chi connectivity index (χ0) is 12.7. The number of fused-ring (bicyclic) bond motifs is 2. The molecule has 0 aliphatic carbocycles. The maximum absolute atomic E-state index is 4.27. The van der Waals surface area contributed by atoms with Crippen LogP contribution in [0.1, 0.15) is 0 Å². The van der Waals surface area contributed by atoms with Crippen molar-refractivity contribution in [3.05, 3.63) is 42.0 Å². The predicted octanol–water partition coefficient (Wildman–Crippen LogP) is 2.89. The molecule has 4 aromatic rings. The van der Waals surface area contributed by atoms with Crippen molar-refractivity contribution in [3.63, 3.8) is 0 Å². The number of aromatic nitrogens is 5. The maximum Gasteiger partial charge on any atom is 0.217 e. The van der Waals surface area contributed by atoms with Crippen molar-refractivity contribution in [1.82, 2.24) is 24.8 Å². The molecule has 0 fully saturated rings. The highest BCUT2D eigenvalue weighted by Crippen LogP contribution is 2.29. The fraction of sp³-hybridized carbons (Fsp3) is 0. The lowest BCUT2D eigenvalue weighted by Crippen LogP contribution is -1.91. The summed E-state index contributed by atoms with van der Waals surface area (Å²) in [5, 5.41) is 13.3. The second-order valence-corrected chi connectivity index (χ2v) is 5.79. The number of hydrogen-bond acceptors (Lipinski definition) is 6. The van der Waals surface area contributed by atoms with Crippen molar-refractivity contribution < 1.29 is 0 Å². The van der Waals surface area contributed by atoms with E-state index in [-0.39, 0.29) is 0 Å². The van der Waals surface area contributed by atoms with Gasteiger partial charge in [0.2, 0.25) is 5.16 Å². The number of hydrogen-bond donors (Lipinski definition) is 0. The van der Waals surface area contributed by atoms with Crippen LogP contribution in [0.3, 0.4) is 0 Å². The summed E-state index contributed by atoms with van der Waals surface area (Å²) < 4.78 is 2.91. The summed E-state index contributed by atoms with van der Waals surface area (Å²) in [6, 6.07) is 9.90. The average molecular weight is 285 g/mol. The molecule has 1 aromatic carbocycles. The van der Waals surface area contributed by atoms with Gasteiger partial charge in [0.1, 0.15) is 0 Å². The molecule has 0 N–H and O–H groups in total. The van der Waals surface area contributed by atoms with Gasteiger partial charge in [0, 0.05) is 11.1 Å². The first-order valence-corrected chi connectivity index (χ1v) is 7.27. The average Bonchev–Trinajstić information content (AvgIpc) is 3.06. The van der Waals surface area contributed by atoms with Crippen LogP contribution in [-0.4, -0.2) is 24.8 Å². The van der Waals surface area contributed by atoms with E-state index in [1.807, 2.05) is 29.8 Å². The monoisotopic (exact) mass is 285 g/mol. The Morgan fingerprint density at radius 3 is 3.16 bits per heavy atom. The van der Waals surface area contributed by atoms with Crippen molar-refractivity contribution in [2.45, 2.75) is 10.1 Å². The Labute approximate surface area is 116 Å². The molecular formula is C12H7N5S2. The Bertz CT molecular complexity index is 866. The highest BCUT2D eigenvalue weighted by molar-refractivity contribution is 7.99. The van der Waals surface area contributed by atoms with Gasteiger partial charge in [0.15, 0.2) is 5.65 Å². The molecule has 0 radical (unpaired) electrons. The second-order valence-electron chi connectivity index (χ2n) is 3.86. The highest BCUT2D eigenvalue weighted by Gasteiger charge is 2.08. The number of nitrogens with zero attached hydrogens (tertiary/aromatic N) is 5. The van der Waals surface area contributed by atoms with Crippen molar-refractivity contribution in [2.75, 3.05) is 0 Å². The molecule has 0 unspecified atom stereocenters. The van der Waals surface area contributed by atoms with Gasteiger partial charge in [0.25, 0.3) is 0 Å². The first-order chi connectivity index (χ1) is 9.40. The zero-order valence-corrected chi connectivity index (χ0v) is 11.2. The van der Waals surface area contributed by atoms with Gasteiger partial charge >= 0.3 is 0 Å². The van der Waals surface area contributed by atoms with Crippen molar-refractivity contribution >= 4 is 39.0 Å². The largest absolute Gasteiger partial charge is 0.245 e. The molecule has 7 heteroatoms. The molecule has 92 valence electrons. The first kappa shape index (κ1) is 10.9. The molecule has 0 atom stereocenters. The minimum Gasteiger partial charge on any atom is -0.245 e. The van der Waals surface area contributed by atoms with Crippen LogP contribution in [0.4, 0.5) is 0 Å². The molecule has 0 amide bonds. The number of benzene rings is 1. The van der Waals surface area contributed by atoms with E-state index in [9.17, 15) is 0 Å². The van der Waals surface area contributed by atoms with Crippen LogP contribution in [0.25, 0.3) is 15.9 Å². The van der Waals surface area contributed by atoms with Crippen LogP contribution < -0.4 is 0 Å². The van der Waals surface area contributed by atoms with E-state index in [0.29, 0.717) is 0 Å². The highest BCUT2D eigenvalue weighted by atomic mass is 32.2. The van der Waals surface area contributed by atoms with Gasteiger partial charge in [-0.2, -0.15) is 9.61 Å². The van der Waals surface area contributed by atoms with Crippen molar-refractivity contribution in [3.8, 4) is 0 Å². The Hall–Kier alpha value is -1.99. The molecule has 3 heterocycles. The molecule has 3 aromatic heterocycles. The molecule has 0 aliphatic heterocycles. The quantitative estimate of drug-likeness (QED) is 0.567. The van der Waals surface area contributed by atoms with Gasteiger partial charge in [-0.05, 0) is 42.1 Å². The molecule has 0 saturated heterocycles. The fourth-order valence-corrected chi connectivity index (χ4v) is 3.41. The van der Waals surface area contributed by atoms with E-state index < -0.39 is 0 Å². The number of rotatable bonds is 2. The molecule has 0 aliphatic rings. The van der Waals surface area contributed by atoms with Crippen LogP contribution >= 0.6 is 23.1 Å². The zero-order valence-electron chi connectivity index (χ0n) is 9.59. The first-order valence-electron chi connectivity index (χ1n) is 5.58. The third kappa shape index (κ3) is 1.87. The van der Waals surface area contributed by atoms with E-state index in [1.54, 1.807) is 33.8 Å². The smallest absolute Gasteiger partial charge is 0.217 e. The summed E-state index contributed by atoms with van der Waals surface area (Å²) >= 11 is 3.18. The lowest BCUT2D eigenvalue weighted by molar-refractivity contribution is 0.809. The lowest BCUT2D eigenvalue weighted by atomic mass is 10.3. The summed E-state index contributed by atoms with van der Waals surface area (Å²) in [7, 11) is 0. The van der Waals surface area contributed by atoms with Crippen molar-refractivity contribution in [1.29, 1.82) is 0 Å². The number of thiazole rings is 1. The van der Waals surface area contributed by atoms with Gasteiger partial charge in [0.05, 0.1) is 15.7 Å². The SMILES string of the molecule is c1cnn2c(Sc3ccc4ncsc4c3)nnc2c1. The summed E-state index contributed by atoms with van der Waals surface area (Å²) in [4.78, 5) is 5.38. The Morgan fingerprint density at radius 2 is 2.16 bits per heavy atom. The molecule has 5 nitrogen and oxygen atoms in total. The molecule has 4 rings (SSSR count). The molecule has 0 saturated carbocycles. The predicted molar refractivity (Wildman–Crippen MR) is 74.5 cm³/mol. The molecule has 19 heavy (non-hydrogen) atoms. The van der Waals surface area contributed by atoms with Crippen LogP contribution in [0, 0.1) is 0 Å². The molecule has 0 spiro atoms. The van der Waals surface area contributed by atoms with E-state index >= 15 is 0 Å². The summed E-state index contributed by atoms with van der Waals surface area (Å²) in [6.07, 6.45) is 1.73. The Kier molecular flexibility index (Phi) is 2.46. The van der Waals surface area contributed by atoms with Crippen LogP contribution in [-0.2, 0) is 0 Å². The second kappa shape index (κ2) is 4.29. The van der Waals surface area contributed by atoms with Crippen LogP contribution in [0.15, 0.2) is 52.1 Å². The van der Waals surface area contributed by atoms with Crippen molar-refractivity contribution in [2.24, 2.45) is 0 Å². The van der Waals surface area contributed by atoms with Crippen LogP contribution in [0.2, 0.25) is 0 Å². The normalized spacial score (nSPS) is 11.4. The summed E-state index contributed by atoms with van der Waals surface area (Å²) in [5.74, 6) is 0. The molecular weight excluding hydrogens is 278 g/mol. The van der Waals surface area contributed by atoms with Gasteiger partial charge in [-0.15, -0.1) is 21.5 Å². The summed E-state index contributed by atoms with van der Waals surface area (Å²) in [6.45, 7) is 0.